The van der Waals surface area contributed by atoms with Crippen LogP contribution in [0.2, 0.25) is 0 Å². The van der Waals surface area contributed by atoms with Crippen LogP contribution in [0.15, 0.2) is 60.8 Å². The molecule has 5 nitrogen and oxygen atoms in total. The van der Waals surface area contributed by atoms with Crippen molar-refractivity contribution in [1.29, 1.82) is 0 Å². The van der Waals surface area contributed by atoms with Crippen LogP contribution >= 0.6 is 0 Å². The van der Waals surface area contributed by atoms with Crippen molar-refractivity contribution in [2.75, 3.05) is 33.3 Å². The topological polar surface area (TPSA) is 57.4 Å². The molecule has 31 heavy (non-hydrogen) atoms. The van der Waals surface area contributed by atoms with Gasteiger partial charge < -0.3 is 15.0 Å². The molecule has 2 aromatic carbocycles. The number of carbonyl (C=O) groups excluding carboxylic acids is 1. The lowest BCUT2D eigenvalue weighted by atomic mass is 9.99. The maximum atomic E-state index is 11.4. The van der Waals surface area contributed by atoms with E-state index >= 15 is 0 Å². The van der Waals surface area contributed by atoms with E-state index in [1.165, 1.54) is 28.5 Å². The minimum atomic E-state index is -0.127. The number of amides is 1. The van der Waals surface area contributed by atoms with E-state index < -0.39 is 0 Å². The fourth-order valence-electron chi connectivity index (χ4n) is 4.15. The first-order valence-electron chi connectivity index (χ1n) is 11.1. The van der Waals surface area contributed by atoms with E-state index in [0.717, 1.165) is 50.2 Å². The highest BCUT2D eigenvalue weighted by Crippen LogP contribution is 2.25. The molecule has 3 aromatic rings. The third kappa shape index (κ3) is 5.56. The zero-order valence-corrected chi connectivity index (χ0v) is 18.2. The van der Waals surface area contributed by atoms with Gasteiger partial charge in [-0.3, -0.25) is 9.69 Å². The molecule has 1 aliphatic heterocycles. The maximum Gasteiger partial charge on any atom is 0.257 e. The maximum absolute atomic E-state index is 11.4. The highest BCUT2D eigenvalue weighted by Gasteiger charge is 2.13. The van der Waals surface area contributed by atoms with E-state index in [2.05, 4.69) is 57.8 Å². The fourth-order valence-corrected chi connectivity index (χ4v) is 4.15. The Hall–Kier alpha value is -3.05. The fraction of sp³-hybridized carbons (Fsp3) is 0.346. The number of aryl methyl sites for hydroxylation is 1. The highest BCUT2D eigenvalue weighted by atomic mass is 16.5. The summed E-state index contributed by atoms with van der Waals surface area (Å²) in [5.74, 6) is 0.601. The molecule has 5 heteroatoms. The van der Waals surface area contributed by atoms with Crippen LogP contribution in [0.3, 0.4) is 0 Å². The number of carbonyl (C=O) groups is 1. The SMILES string of the molecule is CNC(=O)COc1ccc2[nH]cc(CCCCN3CC=C(c4ccccc4)CC3)c2c1. The Labute approximate surface area is 184 Å². The van der Waals surface area contributed by atoms with Gasteiger partial charge in [-0.1, -0.05) is 36.4 Å². The number of ether oxygens (including phenoxy) is 1. The third-order valence-electron chi connectivity index (χ3n) is 6.00. The van der Waals surface area contributed by atoms with E-state index in [1.807, 2.05) is 18.2 Å². The summed E-state index contributed by atoms with van der Waals surface area (Å²) in [6.45, 7) is 3.36. The number of aromatic nitrogens is 1. The molecule has 1 aliphatic rings. The molecule has 0 saturated heterocycles. The molecule has 0 radical (unpaired) electrons. The van der Waals surface area contributed by atoms with Gasteiger partial charge in [-0.15, -0.1) is 0 Å². The predicted octanol–water partition coefficient (Wildman–Crippen LogP) is 4.40. The minimum Gasteiger partial charge on any atom is -0.484 e. The van der Waals surface area contributed by atoms with Crippen molar-refractivity contribution in [2.24, 2.45) is 0 Å². The van der Waals surface area contributed by atoms with Gasteiger partial charge in [0.05, 0.1) is 0 Å². The zero-order chi connectivity index (χ0) is 21.5. The normalized spacial score (nSPS) is 14.4. The summed E-state index contributed by atoms with van der Waals surface area (Å²) in [4.78, 5) is 17.3. The van der Waals surface area contributed by atoms with Gasteiger partial charge in [0.1, 0.15) is 5.75 Å². The first kappa shape index (κ1) is 21.2. The Balaban J connectivity index is 1.25. The summed E-state index contributed by atoms with van der Waals surface area (Å²) >= 11 is 0. The van der Waals surface area contributed by atoms with E-state index in [0.29, 0.717) is 0 Å². The molecule has 1 amide bonds. The number of likely N-dealkylation sites (N-methyl/N-ethyl adjacent to an activating group) is 1. The Bertz CT molecular complexity index is 1040. The van der Waals surface area contributed by atoms with Crippen molar-refractivity contribution in [3.05, 3.63) is 71.9 Å². The van der Waals surface area contributed by atoms with Crippen molar-refractivity contribution >= 4 is 22.4 Å². The van der Waals surface area contributed by atoms with Crippen molar-refractivity contribution in [2.45, 2.75) is 25.7 Å². The molecule has 0 saturated carbocycles. The summed E-state index contributed by atoms with van der Waals surface area (Å²) in [6, 6.07) is 16.7. The van der Waals surface area contributed by atoms with E-state index in [-0.39, 0.29) is 12.5 Å². The predicted molar refractivity (Wildman–Crippen MR) is 126 cm³/mol. The van der Waals surface area contributed by atoms with Crippen LogP contribution in [0.25, 0.3) is 16.5 Å². The van der Waals surface area contributed by atoms with Gasteiger partial charge in [-0.2, -0.15) is 0 Å². The second-order valence-electron chi connectivity index (χ2n) is 8.09. The van der Waals surface area contributed by atoms with Crippen LogP contribution in [0.5, 0.6) is 5.75 Å². The van der Waals surface area contributed by atoms with Gasteiger partial charge >= 0.3 is 0 Å². The van der Waals surface area contributed by atoms with E-state index in [4.69, 9.17) is 4.74 Å². The minimum absolute atomic E-state index is 0.0397. The van der Waals surface area contributed by atoms with E-state index in [9.17, 15) is 4.79 Å². The number of unbranched alkanes of at least 4 members (excludes halogenated alkanes) is 1. The standard InChI is InChI=1S/C26H31N3O2/c1-27-26(30)19-31-23-10-11-25-24(17-23)22(18-28-25)9-5-6-14-29-15-12-21(13-16-29)20-7-3-2-4-8-20/h2-4,7-8,10-12,17-18,28H,5-6,9,13-16,19H2,1H3,(H,27,30). The summed E-state index contributed by atoms with van der Waals surface area (Å²) in [6.07, 6.45) is 9.00. The van der Waals surface area contributed by atoms with Crippen LogP contribution < -0.4 is 10.1 Å². The second kappa shape index (κ2) is 10.3. The first-order valence-corrected chi connectivity index (χ1v) is 11.1. The van der Waals surface area contributed by atoms with Crippen LogP contribution in [0.4, 0.5) is 0 Å². The summed E-state index contributed by atoms with van der Waals surface area (Å²) in [5, 5.41) is 3.76. The lowest BCUT2D eigenvalue weighted by Crippen LogP contribution is -2.29. The number of hydrogen-bond acceptors (Lipinski definition) is 3. The molecule has 2 heterocycles. The van der Waals surface area contributed by atoms with Gasteiger partial charge in [0.15, 0.2) is 6.61 Å². The molecular formula is C26H31N3O2. The number of H-pyrrole nitrogens is 1. The van der Waals surface area contributed by atoms with E-state index in [1.54, 1.807) is 7.05 Å². The molecule has 0 unspecified atom stereocenters. The van der Waals surface area contributed by atoms with Crippen LogP contribution in [0, 0.1) is 0 Å². The largest absolute Gasteiger partial charge is 0.484 e. The average Bonchev–Trinajstić information content (AvgIpc) is 3.23. The molecule has 162 valence electrons. The molecule has 0 bridgehead atoms. The molecule has 0 spiro atoms. The summed E-state index contributed by atoms with van der Waals surface area (Å²) in [5.41, 5.74) is 5.26. The first-order chi connectivity index (χ1) is 15.2. The van der Waals surface area contributed by atoms with Gasteiger partial charge in [0.2, 0.25) is 0 Å². The van der Waals surface area contributed by atoms with Crippen LogP contribution in [-0.4, -0.2) is 49.1 Å². The number of nitrogens with one attached hydrogen (secondary N) is 2. The Morgan fingerprint density at radius 2 is 2.03 bits per heavy atom. The number of nitrogens with zero attached hydrogens (tertiary/aromatic N) is 1. The number of benzene rings is 2. The van der Waals surface area contributed by atoms with Gasteiger partial charge in [0, 0.05) is 37.2 Å². The third-order valence-corrected chi connectivity index (χ3v) is 6.00. The van der Waals surface area contributed by atoms with Crippen molar-refractivity contribution in [1.82, 2.24) is 15.2 Å². The van der Waals surface area contributed by atoms with Gasteiger partial charge in [-0.25, -0.2) is 0 Å². The average molecular weight is 418 g/mol. The van der Waals surface area contributed by atoms with Crippen LogP contribution in [0.1, 0.15) is 30.4 Å². The second-order valence-corrected chi connectivity index (χ2v) is 8.09. The van der Waals surface area contributed by atoms with Crippen molar-refractivity contribution in [3.63, 3.8) is 0 Å². The Morgan fingerprint density at radius 1 is 1.16 bits per heavy atom. The lowest BCUT2D eigenvalue weighted by molar-refractivity contribution is -0.122. The number of aromatic amines is 1. The van der Waals surface area contributed by atoms with Crippen LogP contribution in [-0.2, 0) is 11.2 Å². The quantitative estimate of drug-likeness (QED) is 0.507. The molecule has 2 N–H and O–H groups in total. The molecular weight excluding hydrogens is 386 g/mol. The molecule has 0 atom stereocenters. The lowest BCUT2D eigenvalue weighted by Gasteiger charge is -2.26. The Morgan fingerprint density at radius 3 is 2.81 bits per heavy atom. The number of hydrogen-bond donors (Lipinski definition) is 2. The Kier molecular flexibility index (Phi) is 7.05. The number of fused-ring (bicyclic) bond motifs is 1. The molecule has 4 rings (SSSR count). The van der Waals surface area contributed by atoms with Crippen molar-refractivity contribution < 1.29 is 9.53 Å². The number of rotatable bonds is 9. The van der Waals surface area contributed by atoms with Gasteiger partial charge in [0.25, 0.3) is 5.91 Å². The summed E-state index contributed by atoms with van der Waals surface area (Å²) < 4.78 is 5.60. The van der Waals surface area contributed by atoms with Crippen molar-refractivity contribution in [3.8, 4) is 5.75 Å². The molecule has 1 aromatic heterocycles. The molecule has 0 fully saturated rings. The monoisotopic (exact) mass is 417 g/mol. The smallest absolute Gasteiger partial charge is 0.257 e. The van der Waals surface area contributed by atoms with Gasteiger partial charge in [-0.05, 0) is 67.1 Å². The summed E-state index contributed by atoms with van der Waals surface area (Å²) in [7, 11) is 1.61. The zero-order valence-electron chi connectivity index (χ0n) is 18.2. The molecule has 0 aliphatic carbocycles. The highest BCUT2D eigenvalue weighted by molar-refractivity contribution is 5.85.